The first-order valence-electron chi connectivity index (χ1n) is 6.71. The van der Waals surface area contributed by atoms with Gasteiger partial charge in [0.15, 0.2) is 0 Å². The zero-order chi connectivity index (χ0) is 15.9. The van der Waals surface area contributed by atoms with Crippen LogP contribution in [0.3, 0.4) is 0 Å². The zero-order valence-electron chi connectivity index (χ0n) is 12.5. The summed E-state index contributed by atoms with van der Waals surface area (Å²) >= 11 is 0. The molecule has 2 amide bonds. The highest BCUT2D eigenvalue weighted by atomic mass is 16.4. The van der Waals surface area contributed by atoms with E-state index in [0.29, 0.717) is 6.42 Å². The average molecular weight is 287 g/mol. The number of amides is 2. The van der Waals surface area contributed by atoms with E-state index in [-0.39, 0.29) is 18.4 Å². The fourth-order valence-electron chi connectivity index (χ4n) is 1.72. The molecule has 0 aliphatic rings. The van der Waals surface area contributed by atoms with Gasteiger partial charge in [-0.1, -0.05) is 27.7 Å². The van der Waals surface area contributed by atoms with Gasteiger partial charge in [0.25, 0.3) is 0 Å². The van der Waals surface area contributed by atoms with E-state index in [9.17, 15) is 14.4 Å². The van der Waals surface area contributed by atoms with Gasteiger partial charge in [0, 0.05) is 0 Å². The van der Waals surface area contributed by atoms with Crippen LogP contribution in [-0.4, -0.2) is 41.5 Å². The minimum absolute atomic E-state index is 0.172. The molecule has 0 heterocycles. The Kier molecular flexibility index (Phi) is 7.83. The van der Waals surface area contributed by atoms with Crippen LogP contribution in [0.1, 0.15) is 34.1 Å². The monoisotopic (exact) mass is 287 g/mol. The van der Waals surface area contributed by atoms with Crippen LogP contribution in [0.4, 0.5) is 0 Å². The largest absolute Gasteiger partial charge is 0.480 e. The lowest BCUT2D eigenvalue weighted by molar-refractivity contribution is -0.143. The minimum atomic E-state index is -1.10. The summed E-state index contributed by atoms with van der Waals surface area (Å²) in [7, 11) is 0. The van der Waals surface area contributed by atoms with Crippen molar-refractivity contribution in [3.05, 3.63) is 0 Å². The predicted octanol–water partition coefficient (Wildman–Crippen LogP) is -0.299. The van der Waals surface area contributed by atoms with E-state index in [1.165, 1.54) is 0 Å². The van der Waals surface area contributed by atoms with Crippen LogP contribution in [0.25, 0.3) is 0 Å². The summed E-state index contributed by atoms with van der Waals surface area (Å²) in [6.07, 6.45) is 0.419. The van der Waals surface area contributed by atoms with E-state index in [1.54, 1.807) is 13.8 Å². The number of hydrogen-bond donors (Lipinski definition) is 4. The predicted molar refractivity (Wildman–Crippen MR) is 74.8 cm³/mol. The zero-order valence-corrected chi connectivity index (χ0v) is 12.5. The van der Waals surface area contributed by atoms with E-state index in [0.717, 1.165) is 0 Å². The fraction of sp³-hybridized carbons (Fsp3) is 0.769. The highest BCUT2D eigenvalue weighted by molar-refractivity contribution is 5.90. The van der Waals surface area contributed by atoms with E-state index in [1.807, 2.05) is 13.8 Å². The highest BCUT2D eigenvalue weighted by Crippen LogP contribution is 2.07. The minimum Gasteiger partial charge on any atom is -0.480 e. The molecule has 0 aromatic carbocycles. The van der Waals surface area contributed by atoms with Gasteiger partial charge in [0.1, 0.15) is 12.1 Å². The molecule has 0 spiro atoms. The van der Waals surface area contributed by atoms with Crippen LogP contribution in [0, 0.1) is 11.8 Å². The first-order valence-corrected chi connectivity index (χ1v) is 6.71. The number of nitrogens with one attached hydrogen (secondary N) is 2. The van der Waals surface area contributed by atoms with Gasteiger partial charge < -0.3 is 21.5 Å². The van der Waals surface area contributed by atoms with Gasteiger partial charge in [-0.3, -0.25) is 9.59 Å². The molecule has 0 rings (SSSR count). The molecule has 0 aromatic rings. The first kappa shape index (κ1) is 18.4. The lowest BCUT2D eigenvalue weighted by Crippen LogP contribution is -2.54. The third-order valence-electron chi connectivity index (χ3n) is 2.77. The van der Waals surface area contributed by atoms with Gasteiger partial charge in [-0.15, -0.1) is 0 Å². The summed E-state index contributed by atoms with van der Waals surface area (Å²) in [6, 6.07) is -1.75. The molecule has 0 fully saturated rings. The summed E-state index contributed by atoms with van der Waals surface area (Å²) in [6.45, 7) is 7.01. The summed E-state index contributed by atoms with van der Waals surface area (Å²) in [5, 5.41) is 14.0. The maximum atomic E-state index is 12.1. The van der Waals surface area contributed by atoms with Crippen LogP contribution >= 0.6 is 0 Å². The number of carbonyl (C=O) groups is 3. The molecule has 116 valence electrons. The molecule has 0 bridgehead atoms. The maximum Gasteiger partial charge on any atom is 0.326 e. The molecule has 0 radical (unpaired) electrons. The van der Waals surface area contributed by atoms with Gasteiger partial charge in [0.05, 0.1) is 6.54 Å². The molecule has 5 N–H and O–H groups in total. The second-order valence-electron chi connectivity index (χ2n) is 5.52. The fourth-order valence-corrected chi connectivity index (χ4v) is 1.72. The second-order valence-corrected chi connectivity index (χ2v) is 5.52. The SMILES string of the molecule is CC(C)CC(NC(=O)CN)C(=O)NC(C(=O)O)C(C)C. The molecule has 0 aromatic heterocycles. The molecule has 2 unspecified atom stereocenters. The molecule has 0 saturated heterocycles. The van der Waals surface area contributed by atoms with Gasteiger partial charge >= 0.3 is 5.97 Å². The highest BCUT2D eigenvalue weighted by Gasteiger charge is 2.28. The summed E-state index contributed by atoms with van der Waals surface area (Å²) in [5.41, 5.74) is 5.21. The first-order chi connectivity index (χ1) is 9.18. The Labute approximate surface area is 119 Å². The van der Waals surface area contributed by atoms with E-state index >= 15 is 0 Å². The Balaban J connectivity index is 4.84. The van der Waals surface area contributed by atoms with Crippen molar-refractivity contribution in [2.75, 3.05) is 6.54 Å². The number of aliphatic carboxylic acids is 1. The number of hydrogen-bond acceptors (Lipinski definition) is 4. The number of carbonyl (C=O) groups excluding carboxylic acids is 2. The Hall–Kier alpha value is -1.63. The quantitative estimate of drug-likeness (QED) is 0.488. The van der Waals surface area contributed by atoms with Crippen molar-refractivity contribution in [2.45, 2.75) is 46.2 Å². The average Bonchev–Trinajstić information content (AvgIpc) is 2.33. The third kappa shape index (κ3) is 6.51. The van der Waals surface area contributed by atoms with E-state index in [4.69, 9.17) is 10.8 Å². The van der Waals surface area contributed by atoms with Crippen LogP contribution in [0.2, 0.25) is 0 Å². The van der Waals surface area contributed by atoms with E-state index in [2.05, 4.69) is 10.6 Å². The van der Waals surface area contributed by atoms with Crippen LogP contribution in [-0.2, 0) is 14.4 Å². The summed E-state index contributed by atoms with van der Waals surface area (Å²) in [5.74, 6) is -2.11. The van der Waals surface area contributed by atoms with Crippen molar-refractivity contribution in [1.29, 1.82) is 0 Å². The normalized spacial score (nSPS) is 13.9. The molecular formula is C13H25N3O4. The second kappa shape index (κ2) is 8.52. The lowest BCUT2D eigenvalue weighted by atomic mass is 10.0. The summed E-state index contributed by atoms with van der Waals surface area (Å²) < 4.78 is 0. The standard InChI is InChI=1S/C13H25N3O4/c1-7(2)5-9(15-10(17)6-14)12(18)16-11(8(3)4)13(19)20/h7-9,11H,5-6,14H2,1-4H3,(H,15,17)(H,16,18)(H,19,20). The molecule has 2 atom stereocenters. The van der Waals surface area contributed by atoms with Crippen molar-refractivity contribution in [3.63, 3.8) is 0 Å². The molecule has 7 heteroatoms. The van der Waals surface area contributed by atoms with E-state index < -0.39 is 29.9 Å². The van der Waals surface area contributed by atoms with Gasteiger partial charge in [0.2, 0.25) is 11.8 Å². The Morgan fingerprint density at radius 3 is 2.00 bits per heavy atom. The Morgan fingerprint density at radius 1 is 1.10 bits per heavy atom. The van der Waals surface area contributed by atoms with Gasteiger partial charge in [-0.05, 0) is 18.3 Å². The van der Waals surface area contributed by atoms with Crippen LogP contribution < -0.4 is 16.4 Å². The maximum absolute atomic E-state index is 12.1. The topological polar surface area (TPSA) is 122 Å². The Bertz CT molecular complexity index is 356. The van der Waals surface area contributed by atoms with Gasteiger partial charge in [-0.2, -0.15) is 0 Å². The lowest BCUT2D eigenvalue weighted by Gasteiger charge is -2.24. The van der Waals surface area contributed by atoms with Crippen LogP contribution in [0.15, 0.2) is 0 Å². The molecule has 0 aliphatic carbocycles. The molecule has 20 heavy (non-hydrogen) atoms. The van der Waals surface area contributed by atoms with Crippen molar-refractivity contribution in [2.24, 2.45) is 17.6 Å². The molecule has 0 saturated carbocycles. The van der Waals surface area contributed by atoms with Crippen molar-refractivity contribution in [3.8, 4) is 0 Å². The molecule has 7 nitrogen and oxygen atoms in total. The molecule has 0 aliphatic heterocycles. The van der Waals surface area contributed by atoms with Crippen molar-refractivity contribution < 1.29 is 19.5 Å². The smallest absolute Gasteiger partial charge is 0.326 e. The molecular weight excluding hydrogens is 262 g/mol. The van der Waals surface area contributed by atoms with Crippen molar-refractivity contribution >= 4 is 17.8 Å². The van der Waals surface area contributed by atoms with Crippen molar-refractivity contribution in [1.82, 2.24) is 10.6 Å². The van der Waals surface area contributed by atoms with Gasteiger partial charge in [-0.25, -0.2) is 4.79 Å². The summed E-state index contributed by atoms with van der Waals surface area (Å²) in [4.78, 5) is 34.5. The Morgan fingerprint density at radius 2 is 1.65 bits per heavy atom. The number of carboxylic acids is 1. The number of rotatable bonds is 8. The number of carboxylic acid groups (broad SMARTS) is 1. The third-order valence-corrected chi connectivity index (χ3v) is 2.77. The number of nitrogens with two attached hydrogens (primary N) is 1. The van der Waals surface area contributed by atoms with Crippen LogP contribution in [0.5, 0.6) is 0 Å².